The summed E-state index contributed by atoms with van der Waals surface area (Å²) in [6, 6.07) is 2.19. The summed E-state index contributed by atoms with van der Waals surface area (Å²) in [6.07, 6.45) is 4.07. The van der Waals surface area contributed by atoms with E-state index in [0.717, 1.165) is 25.2 Å². The molecule has 0 bridgehead atoms. The van der Waals surface area contributed by atoms with Gasteiger partial charge in [0.1, 0.15) is 5.75 Å². The molecule has 18 heavy (non-hydrogen) atoms. The molecule has 0 aromatic heterocycles. The molecule has 0 N–H and O–H groups in total. The van der Waals surface area contributed by atoms with Gasteiger partial charge in [-0.2, -0.15) is 0 Å². The van der Waals surface area contributed by atoms with Crippen molar-refractivity contribution in [1.82, 2.24) is 0 Å². The SMILES string of the molecule is C=CCC(C)c1c(C)cc(OCCC)c(C)c1C. The third kappa shape index (κ3) is 3.16. The van der Waals surface area contributed by atoms with Crippen LogP contribution in [0, 0.1) is 20.8 Å². The molecule has 0 aliphatic heterocycles. The fraction of sp³-hybridized carbons (Fsp3) is 0.529. The molecule has 0 amide bonds. The summed E-state index contributed by atoms with van der Waals surface area (Å²) >= 11 is 0. The quantitative estimate of drug-likeness (QED) is 0.636. The van der Waals surface area contributed by atoms with Gasteiger partial charge in [-0.1, -0.05) is 19.9 Å². The smallest absolute Gasteiger partial charge is 0.122 e. The zero-order valence-corrected chi connectivity index (χ0v) is 12.5. The van der Waals surface area contributed by atoms with Crippen LogP contribution in [0.5, 0.6) is 5.75 Å². The van der Waals surface area contributed by atoms with Crippen molar-refractivity contribution in [3.05, 3.63) is 41.0 Å². The predicted molar refractivity (Wildman–Crippen MR) is 79.7 cm³/mol. The van der Waals surface area contributed by atoms with E-state index in [1.165, 1.54) is 22.3 Å². The van der Waals surface area contributed by atoms with Crippen LogP contribution in [0.3, 0.4) is 0 Å². The predicted octanol–water partition coefficient (Wildman–Crippen LogP) is 5.08. The first-order valence-corrected chi connectivity index (χ1v) is 6.87. The van der Waals surface area contributed by atoms with Gasteiger partial charge in [-0.25, -0.2) is 0 Å². The Balaban J connectivity index is 3.15. The van der Waals surface area contributed by atoms with E-state index >= 15 is 0 Å². The van der Waals surface area contributed by atoms with Gasteiger partial charge in [0.05, 0.1) is 6.61 Å². The number of rotatable bonds is 6. The van der Waals surface area contributed by atoms with Gasteiger partial charge in [0.25, 0.3) is 0 Å². The molecule has 1 nitrogen and oxygen atoms in total. The van der Waals surface area contributed by atoms with Crippen LogP contribution in [0.15, 0.2) is 18.7 Å². The molecule has 0 aliphatic rings. The standard InChI is InChI=1S/C17H26O/c1-7-9-12(3)17-13(4)11-16(18-10-8-2)14(5)15(17)6/h7,11-12H,1,8-10H2,2-6H3. The minimum atomic E-state index is 0.529. The van der Waals surface area contributed by atoms with Crippen LogP contribution in [0.2, 0.25) is 0 Å². The molecule has 0 aliphatic carbocycles. The highest BCUT2D eigenvalue weighted by atomic mass is 16.5. The molecule has 0 spiro atoms. The Bertz CT molecular complexity index is 418. The van der Waals surface area contributed by atoms with Gasteiger partial charge in [-0.15, -0.1) is 6.58 Å². The van der Waals surface area contributed by atoms with E-state index in [4.69, 9.17) is 4.74 Å². The van der Waals surface area contributed by atoms with Crippen LogP contribution in [-0.2, 0) is 0 Å². The summed E-state index contributed by atoms with van der Waals surface area (Å²) in [5, 5.41) is 0. The van der Waals surface area contributed by atoms with Crippen molar-refractivity contribution in [2.45, 2.75) is 53.4 Å². The number of ether oxygens (including phenoxy) is 1. The molecule has 0 radical (unpaired) electrons. The first-order chi connectivity index (χ1) is 8.52. The lowest BCUT2D eigenvalue weighted by atomic mass is 9.87. The highest BCUT2D eigenvalue weighted by Crippen LogP contribution is 2.33. The largest absolute Gasteiger partial charge is 0.493 e. The Morgan fingerprint density at radius 1 is 1.28 bits per heavy atom. The fourth-order valence-electron chi connectivity index (χ4n) is 2.55. The molecule has 1 aromatic rings. The number of allylic oxidation sites excluding steroid dienone is 1. The van der Waals surface area contributed by atoms with E-state index in [1.807, 2.05) is 6.08 Å². The Kier molecular flexibility index (Phi) is 5.46. The second kappa shape index (κ2) is 6.63. The molecule has 1 aromatic carbocycles. The summed E-state index contributed by atoms with van der Waals surface area (Å²) in [5.41, 5.74) is 5.44. The highest BCUT2D eigenvalue weighted by molar-refractivity contribution is 5.49. The van der Waals surface area contributed by atoms with Crippen molar-refractivity contribution in [3.8, 4) is 5.75 Å². The molecular weight excluding hydrogens is 220 g/mol. The topological polar surface area (TPSA) is 9.23 Å². The fourth-order valence-corrected chi connectivity index (χ4v) is 2.55. The number of hydrogen-bond acceptors (Lipinski definition) is 1. The van der Waals surface area contributed by atoms with Gasteiger partial charge in [0, 0.05) is 0 Å². The normalized spacial score (nSPS) is 12.3. The Hall–Kier alpha value is -1.24. The van der Waals surface area contributed by atoms with Crippen LogP contribution < -0.4 is 4.74 Å². The van der Waals surface area contributed by atoms with E-state index in [2.05, 4.69) is 47.3 Å². The maximum atomic E-state index is 5.82. The van der Waals surface area contributed by atoms with Crippen molar-refractivity contribution in [2.75, 3.05) is 6.61 Å². The average molecular weight is 246 g/mol. The van der Waals surface area contributed by atoms with Crippen molar-refractivity contribution in [3.63, 3.8) is 0 Å². The maximum absolute atomic E-state index is 5.82. The van der Waals surface area contributed by atoms with Crippen LogP contribution in [-0.4, -0.2) is 6.61 Å². The number of hydrogen-bond donors (Lipinski definition) is 0. The van der Waals surface area contributed by atoms with Gasteiger partial charge < -0.3 is 4.74 Å². The lowest BCUT2D eigenvalue weighted by Gasteiger charge is -2.21. The van der Waals surface area contributed by atoms with E-state index in [0.29, 0.717) is 5.92 Å². The summed E-state index contributed by atoms with van der Waals surface area (Å²) in [4.78, 5) is 0. The second-order valence-electron chi connectivity index (χ2n) is 5.13. The van der Waals surface area contributed by atoms with Crippen molar-refractivity contribution in [2.24, 2.45) is 0 Å². The molecule has 100 valence electrons. The molecule has 1 rings (SSSR count). The van der Waals surface area contributed by atoms with E-state index in [-0.39, 0.29) is 0 Å². The van der Waals surface area contributed by atoms with E-state index < -0.39 is 0 Å². The second-order valence-corrected chi connectivity index (χ2v) is 5.13. The molecule has 0 saturated carbocycles. The minimum absolute atomic E-state index is 0.529. The summed E-state index contributed by atoms with van der Waals surface area (Å²) in [6.45, 7) is 15.6. The number of aryl methyl sites for hydroxylation is 1. The van der Waals surface area contributed by atoms with Crippen LogP contribution in [0.4, 0.5) is 0 Å². The Labute approximate surface area is 112 Å². The number of benzene rings is 1. The molecular formula is C17H26O. The average Bonchev–Trinajstić information content (AvgIpc) is 2.32. The lowest BCUT2D eigenvalue weighted by Crippen LogP contribution is -2.05. The summed E-state index contributed by atoms with van der Waals surface area (Å²) in [7, 11) is 0. The first-order valence-electron chi connectivity index (χ1n) is 6.87. The molecule has 0 heterocycles. The van der Waals surface area contributed by atoms with Crippen LogP contribution >= 0.6 is 0 Å². The monoisotopic (exact) mass is 246 g/mol. The van der Waals surface area contributed by atoms with Crippen molar-refractivity contribution >= 4 is 0 Å². The van der Waals surface area contributed by atoms with Gasteiger partial charge in [-0.3, -0.25) is 0 Å². The van der Waals surface area contributed by atoms with Gasteiger partial charge in [-0.05, 0) is 67.9 Å². The first kappa shape index (κ1) is 14.8. The minimum Gasteiger partial charge on any atom is -0.493 e. The van der Waals surface area contributed by atoms with Crippen LogP contribution in [0.1, 0.15) is 54.9 Å². The highest BCUT2D eigenvalue weighted by Gasteiger charge is 2.15. The van der Waals surface area contributed by atoms with Crippen molar-refractivity contribution in [1.29, 1.82) is 0 Å². The Morgan fingerprint density at radius 3 is 2.50 bits per heavy atom. The Morgan fingerprint density at radius 2 is 1.94 bits per heavy atom. The van der Waals surface area contributed by atoms with Crippen molar-refractivity contribution < 1.29 is 4.74 Å². The van der Waals surface area contributed by atoms with E-state index in [9.17, 15) is 0 Å². The zero-order chi connectivity index (χ0) is 13.7. The molecule has 1 atom stereocenters. The van der Waals surface area contributed by atoms with Crippen LogP contribution in [0.25, 0.3) is 0 Å². The van der Waals surface area contributed by atoms with Gasteiger partial charge in [0.15, 0.2) is 0 Å². The molecule has 1 heteroatoms. The third-order valence-electron chi connectivity index (χ3n) is 3.58. The summed E-state index contributed by atoms with van der Waals surface area (Å²) in [5.74, 6) is 1.57. The molecule has 0 fully saturated rings. The third-order valence-corrected chi connectivity index (χ3v) is 3.58. The molecule has 1 unspecified atom stereocenters. The van der Waals surface area contributed by atoms with Gasteiger partial charge >= 0.3 is 0 Å². The summed E-state index contributed by atoms with van der Waals surface area (Å²) < 4.78 is 5.82. The zero-order valence-electron chi connectivity index (χ0n) is 12.5. The van der Waals surface area contributed by atoms with E-state index in [1.54, 1.807) is 0 Å². The maximum Gasteiger partial charge on any atom is 0.122 e. The molecule has 0 saturated heterocycles. The lowest BCUT2D eigenvalue weighted by molar-refractivity contribution is 0.314. The van der Waals surface area contributed by atoms with Gasteiger partial charge in [0.2, 0.25) is 0 Å².